The molecule has 0 saturated heterocycles. The molecule has 0 aromatic carbocycles. The highest BCUT2D eigenvalue weighted by Crippen LogP contribution is 2.48. The number of fused-ring (bicyclic) bond motifs is 2. The van der Waals surface area contributed by atoms with E-state index in [9.17, 15) is 0 Å². The Labute approximate surface area is 96.4 Å². The van der Waals surface area contributed by atoms with Crippen LogP contribution in [0.15, 0.2) is 6.20 Å². The molecule has 2 aliphatic rings. The van der Waals surface area contributed by atoms with Gasteiger partial charge in [-0.2, -0.15) is 0 Å². The highest BCUT2D eigenvalue weighted by atomic mass is 15.4. The summed E-state index contributed by atoms with van der Waals surface area (Å²) in [7, 11) is 1.94. The lowest BCUT2D eigenvalue weighted by Gasteiger charge is -2.20. The third-order valence-electron chi connectivity index (χ3n) is 4.25. The lowest BCUT2D eigenvalue weighted by molar-refractivity contribution is 0.283. The molecule has 3 unspecified atom stereocenters. The number of nitrogens with zero attached hydrogens (tertiary/aromatic N) is 3. The molecule has 1 aromatic heterocycles. The minimum absolute atomic E-state index is 0.816. The van der Waals surface area contributed by atoms with Gasteiger partial charge in [-0.1, -0.05) is 11.6 Å². The molecule has 1 heterocycles. The molecule has 2 bridgehead atoms. The number of hydrogen-bond donors (Lipinski definition) is 1. The van der Waals surface area contributed by atoms with Crippen molar-refractivity contribution in [1.29, 1.82) is 0 Å². The van der Waals surface area contributed by atoms with Crippen molar-refractivity contribution in [3.05, 3.63) is 11.9 Å². The van der Waals surface area contributed by atoms with Gasteiger partial charge in [0.05, 0.1) is 5.69 Å². The molecule has 0 radical (unpaired) electrons. The number of hydrogen-bond acceptors (Lipinski definition) is 3. The minimum Gasteiger partial charge on any atom is -0.314 e. The molecule has 0 amide bonds. The van der Waals surface area contributed by atoms with E-state index in [1.807, 2.05) is 11.7 Å². The normalized spacial score (nSPS) is 32.4. The number of aromatic nitrogens is 3. The third kappa shape index (κ3) is 1.86. The maximum Gasteiger partial charge on any atom is 0.0964 e. The van der Waals surface area contributed by atoms with Gasteiger partial charge in [-0.25, -0.2) is 0 Å². The van der Waals surface area contributed by atoms with Crippen LogP contribution in [0.5, 0.6) is 0 Å². The lowest BCUT2D eigenvalue weighted by Crippen LogP contribution is -2.17. The highest BCUT2D eigenvalue weighted by Gasteiger charge is 2.39. The molecule has 2 fully saturated rings. The van der Waals surface area contributed by atoms with Gasteiger partial charge in [-0.05, 0) is 44.1 Å². The molecule has 16 heavy (non-hydrogen) atoms. The first-order chi connectivity index (χ1) is 7.85. The molecule has 4 nitrogen and oxygen atoms in total. The van der Waals surface area contributed by atoms with Crippen molar-refractivity contribution in [1.82, 2.24) is 20.3 Å². The summed E-state index contributed by atoms with van der Waals surface area (Å²) in [4.78, 5) is 0. The SMILES string of the molecule is CNCc1cn(CC2CC3CCC2C3)nn1. The van der Waals surface area contributed by atoms with Gasteiger partial charge in [0.25, 0.3) is 0 Å². The summed E-state index contributed by atoms with van der Waals surface area (Å²) in [6.07, 6.45) is 7.91. The molecule has 0 aliphatic heterocycles. The van der Waals surface area contributed by atoms with Crippen LogP contribution in [0.25, 0.3) is 0 Å². The summed E-state index contributed by atoms with van der Waals surface area (Å²) >= 11 is 0. The summed E-state index contributed by atoms with van der Waals surface area (Å²) in [5, 5.41) is 11.5. The summed E-state index contributed by atoms with van der Waals surface area (Å²) in [5.74, 6) is 2.86. The van der Waals surface area contributed by atoms with Gasteiger partial charge in [-0.15, -0.1) is 5.10 Å². The van der Waals surface area contributed by atoms with Crippen LogP contribution in [-0.4, -0.2) is 22.0 Å². The van der Waals surface area contributed by atoms with Crippen LogP contribution in [0, 0.1) is 17.8 Å². The fourth-order valence-electron chi connectivity index (χ4n) is 3.53. The van der Waals surface area contributed by atoms with E-state index in [1.165, 1.54) is 25.7 Å². The van der Waals surface area contributed by atoms with Gasteiger partial charge >= 0.3 is 0 Å². The van der Waals surface area contributed by atoms with E-state index in [1.54, 1.807) is 0 Å². The molecular formula is C12H20N4. The van der Waals surface area contributed by atoms with Crippen molar-refractivity contribution < 1.29 is 0 Å². The van der Waals surface area contributed by atoms with Crippen LogP contribution in [-0.2, 0) is 13.1 Å². The van der Waals surface area contributed by atoms with Crippen molar-refractivity contribution >= 4 is 0 Å². The Kier molecular flexibility index (Phi) is 2.67. The van der Waals surface area contributed by atoms with Crippen molar-refractivity contribution in [2.45, 2.75) is 38.8 Å². The van der Waals surface area contributed by atoms with Gasteiger partial charge in [0.1, 0.15) is 0 Å². The first-order valence-electron chi connectivity index (χ1n) is 6.38. The highest BCUT2D eigenvalue weighted by molar-refractivity contribution is 4.94. The van der Waals surface area contributed by atoms with E-state index in [0.29, 0.717) is 0 Å². The van der Waals surface area contributed by atoms with Gasteiger partial charge < -0.3 is 5.32 Å². The van der Waals surface area contributed by atoms with Crippen LogP contribution in [0.2, 0.25) is 0 Å². The summed E-state index contributed by atoms with van der Waals surface area (Å²) in [5.41, 5.74) is 1.05. The van der Waals surface area contributed by atoms with Gasteiger partial charge in [0, 0.05) is 19.3 Å². The Bertz CT molecular complexity index is 360. The summed E-state index contributed by atoms with van der Waals surface area (Å²) < 4.78 is 2.04. The molecule has 2 aliphatic carbocycles. The fraction of sp³-hybridized carbons (Fsp3) is 0.833. The number of rotatable bonds is 4. The topological polar surface area (TPSA) is 42.7 Å². The molecule has 4 heteroatoms. The predicted octanol–water partition coefficient (Wildman–Crippen LogP) is 1.43. The van der Waals surface area contributed by atoms with E-state index in [-0.39, 0.29) is 0 Å². The van der Waals surface area contributed by atoms with Crippen LogP contribution in [0.3, 0.4) is 0 Å². The van der Waals surface area contributed by atoms with Crippen molar-refractivity contribution in [2.24, 2.45) is 17.8 Å². The summed E-state index contributed by atoms with van der Waals surface area (Å²) in [6.45, 7) is 1.90. The fourth-order valence-corrected chi connectivity index (χ4v) is 3.53. The first kappa shape index (κ1) is 10.3. The van der Waals surface area contributed by atoms with Gasteiger partial charge in [-0.3, -0.25) is 4.68 Å². The Morgan fingerprint density at radius 2 is 2.38 bits per heavy atom. The standard InChI is InChI=1S/C12H20N4/c1-13-6-12-8-16(15-14-12)7-11-5-9-2-3-10(11)4-9/h8-11,13H,2-7H2,1H3. The molecule has 1 N–H and O–H groups in total. The predicted molar refractivity (Wildman–Crippen MR) is 61.7 cm³/mol. The van der Waals surface area contributed by atoms with Crippen molar-refractivity contribution in [3.8, 4) is 0 Å². The second kappa shape index (κ2) is 4.17. The van der Waals surface area contributed by atoms with Crippen molar-refractivity contribution in [2.75, 3.05) is 7.05 Å². The largest absolute Gasteiger partial charge is 0.314 e. The molecule has 3 rings (SSSR count). The maximum atomic E-state index is 4.21. The molecular weight excluding hydrogens is 200 g/mol. The quantitative estimate of drug-likeness (QED) is 0.834. The first-order valence-corrected chi connectivity index (χ1v) is 6.38. The Morgan fingerprint density at radius 3 is 3.06 bits per heavy atom. The van der Waals surface area contributed by atoms with E-state index in [2.05, 4.69) is 21.8 Å². The molecule has 2 saturated carbocycles. The molecule has 1 aromatic rings. The van der Waals surface area contributed by atoms with E-state index >= 15 is 0 Å². The second-order valence-corrected chi connectivity index (χ2v) is 5.40. The maximum absolute atomic E-state index is 4.21. The zero-order chi connectivity index (χ0) is 11.0. The zero-order valence-corrected chi connectivity index (χ0v) is 9.89. The summed E-state index contributed by atoms with van der Waals surface area (Å²) in [6, 6.07) is 0. The Morgan fingerprint density at radius 1 is 1.44 bits per heavy atom. The van der Waals surface area contributed by atoms with E-state index in [4.69, 9.17) is 0 Å². The molecule has 88 valence electrons. The van der Waals surface area contributed by atoms with Crippen LogP contribution >= 0.6 is 0 Å². The third-order valence-corrected chi connectivity index (χ3v) is 4.25. The van der Waals surface area contributed by atoms with Gasteiger partial charge in [0.2, 0.25) is 0 Å². The second-order valence-electron chi connectivity index (χ2n) is 5.40. The molecule has 3 atom stereocenters. The van der Waals surface area contributed by atoms with E-state index in [0.717, 1.165) is 36.5 Å². The van der Waals surface area contributed by atoms with E-state index < -0.39 is 0 Å². The van der Waals surface area contributed by atoms with Crippen molar-refractivity contribution in [3.63, 3.8) is 0 Å². The van der Waals surface area contributed by atoms with Crippen LogP contribution < -0.4 is 5.32 Å². The molecule has 0 spiro atoms. The Hall–Kier alpha value is -0.900. The lowest BCUT2D eigenvalue weighted by atomic mass is 9.89. The number of nitrogens with one attached hydrogen (secondary N) is 1. The van der Waals surface area contributed by atoms with Crippen LogP contribution in [0.1, 0.15) is 31.4 Å². The minimum atomic E-state index is 0.816. The Balaban J connectivity index is 1.61. The zero-order valence-electron chi connectivity index (χ0n) is 9.89. The van der Waals surface area contributed by atoms with Gasteiger partial charge in [0.15, 0.2) is 0 Å². The average molecular weight is 220 g/mol. The van der Waals surface area contributed by atoms with Crippen LogP contribution in [0.4, 0.5) is 0 Å². The smallest absolute Gasteiger partial charge is 0.0964 e. The monoisotopic (exact) mass is 220 g/mol. The average Bonchev–Trinajstić information content (AvgIpc) is 2.95.